The first-order valence-electron chi connectivity index (χ1n) is 12.4. The van der Waals surface area contributed by atoms with Gasteiger partial charge in [0, 0.05) is 11.4 Å². The second-order valence-electron chi connectivity index (χ2n) is 9.41. The van der Waals surface area contributed by atoms with E-state index in [4.69, 9.17) is 4.74 Å². The molecule has 0 atom stereocenters. The van der Waals surface area contributed by atoms with Gasteiger partial charge >= 0.3 is 5.97 Å². The Hall–Kier alpha value is -4.43. The van der Waals surface area contributed by atoms with Crippen LogP contribution < -0.4 is 4.74 Å². The minimum absolute atomic E-state index is 0.0332. The van der Waals surface area contributed by atoms with E-state index in [1.54, 1.807) is 34.9 Å². The minimum Gasteiger partial charge on any atom is -0.488 e. The molecule has 0 fully saturated rings. The molecule has 0 amide bonds. The summed E-state index contributed by atoms with van der Waals surface area (Å²) in [5, 5.41) is 10.1. The van der Waals surface area contributed by atoms with Crippen molar-refractivity contribution >= 4 is 26.7 Å². The van der Waals surface area contributed by atoms with Crippen LogP contribution in [0.5, 0.6) is 5.75 Å². The van der Waals surface area contributed by atoms with E-state index < -0.39 is 21.6 Å². The fourth-order valence-electron chi connectivity index (χ4n) is 4.80. The predicted molar refractivity (Wildman–Crippen MR) is 147 cm³/mol. The van der Waals surface area contributed by atoms with Crippen molar-refractivity contribution in [3.63, 3.8) is 0 Å². The highest BCUT2D eigenvalue weighted by molar-refractivity contribution is 7.92. The number of carboxylic acids is 1. The molecule has 0 saturated heterocycles. The Balaban J connectivity index is 1.86. The number of fused-ring (bicyclic) bond motifs is 1. The third kappa shape index (κ3) is 4.79. The first-order chi connectivity index (χ1) is 18.7. The fraction of sp³-hybridized carbons (Fsp3) is 0.129. The summed E-state index contributed by atoms with van der Waals surface area (Å²) >= 11 is 0. The molecule has 1 heterocycles. The summed E-state index contributed by atoms with van der Waals surface area (Å²) < 4.78 is 50.7. The van der Waals surface area contributed by atoms with Crippen LogP contribution in [0.15, 0.2) is 107 Å². The summed E-state index contributed by atoms with van der Waals surface area (Å²) in [7, 11) is -4.37. The second kappa shape index (κ2) is 10.4. The quantitative estimate of drug-likeness (QED) is 0.228. The van der Waals surface area contributed by atoms with Gasteiger partial charge in [0.25, 0.3) is 0 Å². The lowest BCUT2D eigenvalue weighted by Crippen LogP contribution is -2.13. The molecule has 39 heavy (non-hydrogen) atoms. The van der Waals surface area contributed by atoms with Crippen LogP contribution in [0, 0.1) is 5.82 Å². The standard InChI is InChI=1S/C31H26FNO5S/c1-20(2)29-30(39(36,37)27-14-7-6-11-24(27)31(34)35)28-25(33(29)23-17-15-22(32)16-18-23)12-8-13-26(28)38-19-21-9-4-3-5-10-21/h3-18,20H,19H2,1-2H3,(H,34,35). The maximum atomic E-state index is 14.4. The molecule has 0 aliphatic rings. The van der Waals surface area contributed by atoms with Gasteiger partial charge in [-0.1, -0.05) is 62.4 Å². The lowest BCUT2D eigenvalue weighted by atomic mass is 10.1. The van der Waals surface area contributed by atoms with Crippen LogP contribution in [0.2, 0.25) is 0 Å². The van der Waals surface area contributed by atoms with Crippen molar-refractivity contribution in [2.24, 2.45) is 0 Å². The number of sulfone groups is 1. The third-order valence-corrected chi connectivity index (χ3v) is 8.38. The Morgan fingerprint density at radius 1 is 0.897 bits per heavy atom. The highest BCUT2D eigenvalue weighted by atomic mass is 32.2. The third-order valence-electron chi connectivity index (χ3n) is 6.49. The van der Waals surface area contributed by atoms with Crippen LogP contribution in [0.1, 0.15) is 41.4 Å². The zero-order valence-corrected chi connectivity index (χ0v) is 22.2. The van der Waals surface area contributed by atoms with Crippen molar-refractivity contribution < 1.29 is 27.4 Å². The molecule has 0 saturated carbocycles. The van der Waals surface area contributed by atoms with Gasteiger partial charge in [-0.3, -0.25) is 0 Å². The van der Waals surface area contributed by atoms with Crippen molar-refractivity contribution in [3.8, 4) is 11.4 Å². The largest absolute Gasteiger partial charge is 0.488 e. The highest BCUT2D eigenvalue weighted by Crippen LogP contribution is 2.44. The molecule has 0 radical (unpaired) electrons. The number of hydrogen-bond acceptors (Lipinski definition) is 4. The zero-order valence-electron chi connectivity index (χ0n) is 21.3. The van der Waals surface area contributed by atoms with Gasteiger partial charge < -0.3 is 14.4 Å². The first kappa shape index (κ1) is 26.2. The Kier molecular flexibility index (Phi) is 6.97. The molecule has 5 rings (SSSR count). The van der Waals surface area contributed by atoms with Crippen molar-refractivity contribution in [1.29, 1.82) is 0 Å². The number of hydrogen-bond donors (Lipinski definition) is 1. The first-order valence-corrected chi connectivity index (χ1v) is 13.9. The van der Waals surface area contributed by atoms with E-state index in [0.29, 0.717) is 28.0 Å². The average Bonchev–Trinajstić information content (AvgIpc) is 3.30. The molecule has 0 unspecified atom stereocenters. The van der Waals surface area contributed by atoms with Crippen LogP contribution in [-0.2, 0) is 16.4 Å². The molecule has 0 spiro atoms. The van der Waals surface area contributed by atoms with Crippen molar-refractivity contribution in [3.05, 3.63) is 120 Å². The monoisotopic (exact) mass is 543 g/mol. The number of halogens is 1. The molecule has 8 heteroatoms. The predicted octanol–water partition coefficient (Wildman–Crippen LogP) is 7.00. The molecule has 4 aromatic carbocycles. The van der Waals surface area contributed by atoms with E-state index >= 15 is 0 Å². The van der Waals surface area contributed by atoms with Crippen LogP contribution in [0.25, 0.3) is 16.6 Å². The van der Waals surface area contributed by atoms with E-state index in [9.17, 15) is 22.7 Å². The van der Waals surface area contributed by atoms with Crippen molar-refractivity contribution in [2.75, 3.05) is 0 Å². The van der Waals surface area contributed by atoms with E-state index in [0.717, 1.165) is 5.56 Å². The summed E-state index contributed by atoms with van der Waals surface area (Å²) in [4.78, 5) is 11.7. The van der Waals surface area contributed by atoms with Gasteiger partial charge in [-0.15, -0.1) is 0 Å². The van der Waals surface area contributed by atoms with Gasteiger partial charge in [0.2, 0.25) is 9.84 Å². The molecule has 5 aromatic rings. The molecular weight excluding hydrogens is 517 g/mol. The molecule has 1 aromatic heterocycles. The van der Waals surface area contributed by atoms with E-state index in [2.05, 4.69) is 0 Å². The number of rotatable bonds is 8. The molecule has 1 N–H and O–H groups in total. The summed E-state index contributed by atoms with van der Waals surface area (Å²) in [6.07, 6.45) is 0. The van der Waals surface area contributed by atoms with E-state index in [1.165, 1.54) is 36.4 Å². The fourth-order valence-corrected chi connectivity index (χ4v) is 6.80. The Labute approximate surface area is 225 Å². The summed E-state index contributed by atoms with van der Waals surface area (Å²) in [6.45, 7) is 3.92. The van der Waals surface area contributed by atoms with Crippen LogP contribution >= 0.6 is 0 Å². The average molecular weight is 544 g/mol. The SMILES string of the molecule is CC(C)c1c(S(=O)(=O)c2ccccc2C(=O)O)c2c(OCc3ccccc3)cccc2n1-c1ccc(F)cc1. The summed E-state index contributed by atoms with van der Waals surface area (Å²) in [5.74, 6) is -1.74. The molecule has 6 nitrogen and oxygen atoms in total. The molecule has 198 valence electrons. The van der Waals surface area contributed by atoms with Crippen molar-refractivity contribution in [2.45, 2.75) is 36.2 Å². The number of nitrogens with zero attached hydrogens (tertiary/aromatic N) is 1. The number of aromatic carboxylic acids is 1. The number of benzene rings is 4. The van der Waals surface area contributed by atoms with Gasteiger partial charge in [0.1, 0.15) is 23.1 Å². The summed E-state index contributed by atoms with van der Waals surface area (Å²) in [5.41, 5.74) is 2.13. The van der Waals surface area contributed by atoms with Gasteiger partial charge in [-0.05, 0) is 60.0 Å². The van der Waals surface area contributed by atoms with E-state index in [-0.39, 0.29) is 27.9 Å². The second-order valence-corrected chi connectivity index (χ2v) is 11.3. The minimum atomic E-state index is -4.37. The smallest absolute Gasteiger partial charge is 0.337 e. The maximum Gasteiger partial charge on any atom is 0.337 e. The van der Waals surface area contributed by atoms with Gasteiger partial charge in [-0.2, -0.15) is 0 Å². The number of carbonyl (C=O) groups is 1. The summed E-state index contributed by atoms with van der Waals surface area (Å²) in [6, 6.07) is 26.1. The molecule has 0 bridgehead atoms. The molecule has 0 aliphatic heterocycles. The lowest BCUT2D eigenvalue weighted by Gasteiger charge is -2.16. The Morgan fingerprint density at radius 3 is 2.23 bits per heavy atom. The molecular formula is C31H26FNO5S. The van der Waals surface area contributed by atoms with Crippen LogP contribution in [0.3, 0.4) is 0 Å². The Bertz CT molecular complexity index is 1780. The highest BCUT2D eigenvalue weighted by Gasteiger charge is 2.34. The van der Waals surface area contributed by atoms with Crippen LogP contribution in [-0.4, -0.2) is 24.1 Å². The number of ether oxygens (including phenoxy) is 1. The van der Waals surface area contributed by atoms with E-state index in [1.807, 2.05) is 44.2 Å². The Morgan fingerprint density at radius 2 is 1.56 bits per heavy atom. The lowest BCUT2D eigenvalue weighted by molar-refractivity contribution is 0.0692. The van der Waals surface area contributed by atoms with Crippen molar-refractivity contribution in [1.82, 2.24) is 4.57 Å². The number of carboxylic acid groups (broad SMARTS) is 1. The topological polar surface area (TPSA) is 85.6 Å². The maximum absolute atomic E-state index is 14.4. The zero-order chi connectivity index (χ0) is 27.7. The normalized spacial score (nSPS) is 11.7. The van der Waals surface area contributed by atoms with Gasteiger partial charge in [0.15, 0.2) is 0 Å². The van der Waals surface area contributed by atoms with Gasteiger partial charge in [0.05, 0.1) is 21.4 Å². The van der Waals surface area contributed by atoms with Gasteiger partial charge in [-0.25, -0.2) is 17.6 Å². The molecule has 0 aliphatic carbocycles. The van der Waals surface area contributed by atoms with Crippen LogP contribution in [0.4, 0.5) is 4.39 Å². The number of aromatic nitrogens is 1.